The summed E-state index contributed by atoms with van der Waals surface area (Å²) in [7, 11) is -3.53. The standard InChI is InChI=1S/C17H12F3NO3S/c18-11-4-6-12(7-5-11)21(13-8-9-25(23,24)10-13)17(22)16-14(19)2-1-3-15(16)20/h1-9,13H,10H2/t13-/m0/s1. The minimum absolute atomic E-state index is 0.126. The number of sulfone groups is 1. The molecule has 25 heavy (non-hydrogen) atoms. The number of amides is 1. The van der Waals surface area contributed by atoms with Crippen molar-refractivity contribution in [1.82, 2.24) is 0 Å². The summed E-state index contributed by atoms with van der Waals surface area (Å²) in [5, 5.41) is 0.944. The molecule has 0 saturated heterocycles. The largest absolute Gasteiger partial charge is 0.300 e. The molecule has 0 radical (unpaired) electrons. The number of halogens is 3. The van der Waals surface area contributed by atoms with E-state index in [-0.39, 0.29) is 5.69 Å². The predicted octanol–water partition coefficient (Wildman–Crippen LogP) is 3.06. The van der Waals surface area contributed by atoms with Crippen molar-refractivity contribution in [2.45, 2.75) is 6.04 Å². The van der Waals surface area contributed by atoms with Gasteiger partial charge in [-0.3, -0.25) is 4.79 Å². The summed E-state index contributed by atoms with van der Waals surface area (Å²) in [6.45, 7) is 0. The molecule has 130 valence electrons. The van der Waals surface area contributed by atoms with Gasteiger partial charge in [-0.15, -0.1) is 0 Å². The van der Waals surface area contributed by atoms with E-state index < -0.39 is 50.6 Å². The maximum absolute atomic E-state index is 14.0. The maximum atomic E-state index is 14.0. The van der Waals surface area contributed by atoms with Crippen molar-refractivity contribution >= 4 is 21.4 Å². The summed E-state index contributed by atoms with van der Waals surface area (Å²) in [4.78, 5) is 13.7. The normalized spacial score (nSPS) is 18.3. The molecular formula is C17H12F3NO3S. The Morgan fingerprint density at radius 2 is 1.60 bits per heavy atom. The Morgan fingerprint density at radius 1 is 1.00 bits per heavy atom. The highest BCUT2D eigenvalue weighted by molar-refractivity contribution is 7.94. The molecule has 0 bridgehead atoms. The molecular weight excluding hydrogens is 355 g/mol. The zero-order valence-corrected chi connectivity index (χ0v) is 13.5. The van der Waals surface area contributed by atoms with Gasteiger partial charge >= 0.3 is 0 Å². The van der Waals surface area contributed by atoms with Gasteiger partial charge in [0.1, 0.15) is 23.0 Å². The fourth-order valence-corrected chi connectivity index (χ4v) is 3.87. The Kier molecular flexibility index (Phi) is 4.38. The Bertz CT molecular complexity index is 935. The summed E-state index contributed by atoms with van der Waals surface area (Å²) in [5.74, 6) is -4.17. The second-order valence-corrected chi connectivity index (χ2v) is 7.40. The number of carbonyl (C=O) groups is 1. The molecule has 1 amide bonds. The minimum Gasteiger partial charge on any atom is -0.300 e. The van der Waals surface area contributed by atoms with Crippen molar-refractivity contribution in [3.8, 4) is 0 Å². The van der Waals surface area contributed by atoms with Crippen molar-refractivity contribution in [2.75, 3.05) is 10.7 Å². The highest BCUT2D eigenvalue weighted by Gasteiger charge is 2.34. The van der Waals surface area contributed by atoms with Crippen molar-refractivity contribution in [1.29, 1.82) is 0 Å². The van der Waals surface area contributed by atoms with E-state index in [0.29, 0.717) is 0 Å². The van der Waals surface area contributed by atoms with Crippen LogP contribution < -0.4 is 4.90 Å². The first-order valence-electron chi connectivity index (χ1n) is 7.22. The molecule has 0 unspecified atom stereocenters. The van der Waals surface area contributed by atoms with E-state index in [1.54, 1.807) is 0 Å². The Hall–Kier alpha value is -2.61. The quantitative estimate of drug-likeness (QED) is 0.838. The molecule has 0 aromatic heterocycles. The number of hydrogen-bond donors (Lipinski definition) is 0. The molecule has 0 spiro atoms. The van der Waals surface area contributed by atoms with Crippen LogP contribution in [-0.2, 0) is 9.84 Å². The summed E-state index contributed by atoms with van der Waals surface area (Å²) in [5.41, 5.74) is -0.676. The maximum Gasteiger partial charge on any atom is 0.264 e. The van der Waals surface area contributed by atoms with Gasteiger partial charge in [-0.2, -0.15) is 0 Å². The van der Waals surface area contributed by atoms with Crippen LogP contribution in [0.5, 0.6) is 0 Å². The molecule has 0 N–H and O–H groups in total. The smallest absolute Gasteiger partial charge is 0.264 e. The first-order chi connectivity index (χ1) is 11.8. The lowest BCUT2D eigenvalue weighted by molar-refractivity contribution is 0.0975. The van der Waals surface area contributed by atoms with Gasteiger partial charge in [-0.05, 0) is 42.5 Å². The third-order valence-corrected chi connectivity index (χ3v) is 5.12. The average molecular weight is 367 g/mol. The zero-order chi connectivity index (χ0) is 18.2. The molecule has 1 aliphatic heterocycles. The van der Waals surface area contributed by atoms with Crippen molar-refractivity contribution in [2.24, 2.45) is 0 Å². The van der Waals surface area contributed by atoms with E-state index in [1.807, 2.05) is 0 Å². The van der Waals surface area contributed by atoms with Gasteiger partial charge in [-0.25, -0.2) is 21.6 Å². The lowest BCUT2D eigenvalue weighted by Gasteiger charge is -2.28. The van der Waals surface area contributed by atoms with Gasteiger partial charge in [0.25, 0.3) is 5.91 Å². The van der Waals surface area contributed by atoms with Gasteiger partial charge in [0.2, 0.25) is 0 Å². The van der Waals surface area contributed by atoms with Crippen molar-refractivity contribution < 1.29 is 26.4 Å². The van der Waals surface area contributed by atoms with Crippen LogP contribution in [0, 0.1) is 17.5 Å². The lowest BCUT2D eigenvalue weighted by atomic mass is 10.1. The molecule has 3 rings (SSSR count). The summed E-state index contributed by atoms with van der Waals surface area (Å²) < 4.78 is 64.5. The molecule has 2 aromatic rings. The van der Waals surface area contributed by atoms with Crippen molar-refractivity contribution in [3.05, 3.63) is 77.0 Å². The van der Waals surface area contributed by atoms with Crippen LogP contribution in [0.3, 0.4) is 0 Å². The topological polar surface area (TPSA) is 54.5 Å². The van der Waals surface area contributed by atoms with E-state index in [1.165, 1.54) is 18.2 Å². The number of benzene rings is 2. The van der Waals surface area contributed by atoms with E-state index in [9.17, 15) is 26.4 Å². The Balaban J connectivity index is 2.10. The minimum atomic E-state index is -3.53. The molecule has 1 heterocycles. The molecule has 1 atom stereocenters. The molecule has 0 saturated carbocycles. The second kappa shape index (κ2) is 6.36. The van der Waals surface area contributed by atoms with Gasteiger partial charge < -0.3 is 4.90 Å². The van der Waals surface area contributed by atoms with Crippen LogP contribution in [-0.4, -0.2) is 26.1 Å². The van der Waals surface area contributed by atoms with Crippen molar-refractivity contribution in [3.63, 3.8) is 0 Å². The third-order valence-electron chi connectivity index (χ3n) is 3.74. The van der Waals surface area contributed by atoms with Crippen LogP contribution in [0.15, 0.2) is 53.9 Å². The van der Waals surface area contributed by atoms with Crippen LogP contribution >= 0.6 is 0 Å². The van der Waals surface area contributed by atoms with Crippen LogP contribution in [0.2, 0.25) is 0 Å². The van der Waals surface area contributed by atoms with Gasteiger partial charge in [0.05, 0.1) is 11.8 Å². The molecule has 8 heteroatoms. The van der Waals surface area contributed by atoms with Gasteiger partial charge in [0, 0.05) is 11.1 Å². The average Bonchev–Trinajstić information content (AvgIpc) is 2.89. The lowest BCUT2D eigenvalue weighted by Crippen LogP contribution is -2.42. The summed E-state index contributed by atoms with van der Waals surface area (Å²) >= 11 is 0. The number of carbonyl (C=O) groups excluding carboxylic acids is 1. The monoisotopic (exact) mass is 367 g/mol. The number of rotatable bonds is 3. The molecule has 0 aliphatic carbocycles. The Labute approximate surface area is 142 Å². The van der Waals surface area contributed by atoms with E-state index in [4.69, 9.17) is 0 Å². The van der Waals surface area contributed by atoms with Crippen LogP contribution in [0.4, 0.5) is 18.9 Å². The Morgan fingerprint density at radius 3 is 2.12 bits per heavy atom. The fraction of sp³-hybridized carbons (Fsp3) is 0.118. The number of nitrogens with zero attached hydrogens (tertiary/aromatic N) is 1. The fourth-order valence-electron chi connectivity index (χ4n) is 2.60. The summed E-state index contributed by atoms with van der Waals surface area (Å²) in [6, 6.07) is 6.64. The van der Waals surface area contributed by atoms with E-state index >= 15 is 0 Å². The predicted molar refractivity (Wildman–Crippen MR) is 86.3 cm³/mol. The van der Waals surface area contributed by atoms with E-state index in [0.717, 1.165) is 40.6 Å². The zero-order valence-electron chi connectivity index (χ0n) is 12.7. The number of anilines is 1. The highest BCUT2D eigenvalue weighted by Crippen LogP contribution is 2.27. The van der Waals surface area contributed by atoms with E-state index in [2.05, 4.69) is 0 Å². The summed E-state index contributed by atoms with van der Waals surface area (Å²) in [6.07, 6.45) is 1.26. The van der Waals surface area contributed by atoms with Crippen LogP contribution in [0.1, 0.15) is 10.4 Å². The van der Waals surface area contributed by atoms with Gasteiger partial charge in [-0.1, -0.05) is 6.07 Å². The molecule has 0 fully saturated rings. The van der Waals surface area contributed by atoms with Crippen LogP contribution in [0.25, 0.3) is 0 Å². The van der Waals surface area contributed by atoms with Gasteiger partial charge in [0.15, 0.2) is 9.84 Å². The first kappa shape index (κ1) is 17.2. The highest BCUT2D eigenvalue weighted by atomic mass is 32.2. The second-order valence-electron chi connectivity index (χ2n) is 5.47. The third kappa shape index (κ3) is 3.43. The first-order valence-corrected chi connectivity index (χ1v) is 8.94. The SMILES string of the molecule is O=C(c1c(F)cccc1F)N(c1ccc(F)cc1)[C@H]1C=CS(=O)(=O)C1. The number of hydrogen-bond acceptors (Lipinski definition) is 3. The molecule has 4 nitrogen and oxygen atoms in total. The molecule has 1 aliphatic rings. The molecule has 2 aromatic carbocycles.